The van der Waals surface area contributed by atoms with Crippen molar-refractivity contribution in [2.45, 2.75) is 0 Å². The highest BCUT2D eigenvalue weighted by Crippen LogP contribution is 2.21. The van der Waals surface area contributed by atoms with E-state index in [4.69, 9.17) is 0 Å². The van der Waals surface area contributed by atoms with Gasteiger partial charge in [-0.1, -0.05) is 30.8 Å². The van der Waals surface area contributed by atoms with Crippen LogP contribution in [0.3, 0.4) is 0 Å². The van der Waals surface area contributed by atoms with Gasteiger partial charge in [0.1, 0.15) is 11.6 Å². The Kier molecular flexibility index (Phi) is 2.82. The van der Waals surface area contributed by atoms with E-state index in [0.717, 1.165) is 16.7 Å². The zero-order valence-electron chi connectivity index (χ0n) is 8.58. The number of halogens is 2. The summed E-state index contributed by atoms with van der Waals surface area (Å²) in [5.74, 6) is -0.564. The van der Waals surface area contributed by atoms with Crippen LogP contribution in [0.1, 0.15) is 11.1 Å². The molecule has 0 aliphatic carbocycles. The molecule has 0 bridgehead atoms. The van der Waals surface area contributed by atoms with Gasteiger partial charge in [0.15, 0.2) is 0 Å². The van der Waals surface area contributed by atoms with Crippen LogP contribution in [0.2, 0.25) is 0 Å². The maximum Gasteiger partial charge on any atom is 0.123 e. The molecular formula is C14H10F2. The third-order valence-corrected chi connectivity index (χ3v) is 2.39. The Labute approximate surface area is 92.9 Å². The molecular weight excluding hydrogens is 206 g/mol. The van der Waals surface area contributed by atoms with Gasteiger partial charge < -0.3 is 0 Å². The van der Waals surface area contributed by atoms with E-state index in [0.29, 0.717) is 0 Å². The van der Waals surface area contributed by atoms with Crippen molar-refractivity contribution in [3.05, 3.63) is 77.9 Å². The Morgan fingerprint density at radius 1 is 0.688 bits per heavy atom. The highest BCUT2D eigenvalue weighted by Gasteiger charge is 2.02. The van der Waals surface area contributed by atoms with Crippen molar-refractivity contribution in [2.24, 2.45) is 0 Å². The molecule has 0 aliphatic rings. The topological polar surface area (TPSA) is 0 Å². The summed E-state index contributed by atoms with van der Waals surface area (Å²) in [6.07, 6.45) is 0. The molecule has 0 atom stereocenters. The molecule has 0 aromatic heterocycles. The molecule has 0 unspecified atom stereocenters. The van der Waals surface area contributed by atoms with E-state index in [2.05, 4.69) is 6.58 Å². The van der Waals surface area contributed by atoms with E-state index >= 15 is 0 Å². The number of hydrogen-bond acceptors (Lipinski definition) is 0. The molecule has 0 nitrogen and oxygen atoms in total. The number of rotatable bonds is 2. The molecule has 2 aromatic rings. The fourth-order valence-electron chi connectivity index (χ4n) is 1.47. The zero-order chi connectivity index (χ0) is 11.5. The van der Waals surface area contributed by atoms with Gasteiger partial charge in [-0.25, -0.2) is 8.78 Å². The Bertz CT molecular complexity index is 448. The van der Waals surface area contributed by atoms with E-state index in [-0.39, 0.29) is 11.6 Å². The lowest BCUT2D eigenvalue weighted by atomic mass is 10.00. The lowest BCUT2D eigenvalue weighted by Gasteiger charge is -2.05. The Balaban J connectivity index is 2.32. The average Bonchev–Trinajstić information content (AvgIpc) is 2.30. The molecule has 0 radical (unpaired) electrons. The van der Waals surface area contributed by atoms with E-state index in [1.807, 2.05) is 0 Å². The summed E-state index contributed by atoms with van der Waals surface area (Å²) < 4.78 is 25.5. The van der Waals surface area contributed by atoms with Crippen LogP contribution in [0.25, 0.3) is 5.57 Å². The third kappa shape index (κ3) is 2.16. The average molecular weight is 216 g/mol. The van der Waals surface area contributed by atoms with Crippen LogP contribution >= 0.6 is 0 Å². The van der Waals surface area contributed by atoms with Crippen molar-refractivity contribution in [2.75, 3.05) is 0 Å². The minimum absolute atomic E-state index is 0.282. The molecule has 0 aliphatic heterocycles. The quantitative estimate of drug-likeness (QED) is 0.711. The smallest absolute Gasteiger partial charge is 0.123 e. The molecule has 16 heavy (non-hydrogen) atoms. The van der Waals surface area contributed by atoms with Crippen LogP contribution in [-0.2, 0) is 0 Å². The normalized spacial score (nSPS) is 10.1. The first-order chi connectivity index (χ1) is 7.66. The van der Waals surface area contributed by atoms with Crippen molar-refractivity contribution in [3.63, 3.8) is 0 Å². The summed E-state index contributed by atoms with van der Waals surface area (Å²) in [7, 11) is 0. The minimum atomic E-state index is -0.282. The largest absolute Gasteiger partial charge is 0.207 e. The standard InChI is InChI=1S/C14H10F2/c1-10(11-2-6-13(15)7-3-11)12-4-8-14(16)9-5-12/h2-9H,1H2. The molecule has 0 amide bonds. The van der Waals surface area contributed by atoms with Crippen LogP contribution in [-0.4, -0.2) is 0 Å². The predicted octanol–water partition coefficient (Wildman–Crippen LogP) is 4.03. The molecule has 80 valence electrons. The van der Waals surface area contributed by atoms with Crippen LogP contribution in [0, 0.1) is 11.6 Å². The van der Waals surface area contributed by atoms with Gasteiger partial charge in [-0.3, -0.25) is 0 Å². The molecule has 0 saturated carbocycles. The van der Waals surface area contributed by atoms with Gasteiger partial charge in [0.25, 0.3) is 0 Å². The van der Waals surface area contributed by atoms with Gasteiger partial charge in [0.05, 0.1) is 0 Å². The molecule has 2 rings (SSSR count). The lowest BCUT2D eigenvalue weighted by Crippen LogP contribution is -1.87. The summed E-state index contributed by atoms with van der Waals surface area (Å²) >= 11 is 0. The Morgan fingerprint density at radius 2 is 1.00 bits per heavy atom. The number of benzene rings is 2. The van der Waals surface area contributed by atoms with Crippen LogP contribution in [0.15, 0.2) is 55.1 Å². The Hall–Kier alpha value is -1.96. The van der Waals surface area contributed by atoms with Crippen molar-refractivity contribution < 1.29 is 8.78 Å². The highest BCUT2D eigenvalue weighted by atomic mass is 19.1. The van der Waals surface area contributed by atoms with E-state index in [1.54, 1.807) is 24.3 Å². The molecule has 0 saturated heterocycles. The summed E-state index contributed by atoms with van der Waals surface area (Å²) in [5, 5.41) is 0. The van der Waals surface area contributed by atoms with E-state index in [9.17, 15) is 8.78 Å². The fraction of sp³-hybridized carbons (Fsp3) is 0. The highest BCUT2D eigenvalue weighted by molar-refractivity contribution is 5.77. The number of hydrogen-bond donors (Lipinski definition) is 0. The first kappa shape index (κ1) is 10.6. The van der Waals surface area contributed by atoms with Crippen molar-refractivity contribution in [3.8, 4) is 0 Å². The van der Waals surface area contributed by atoms with Gasteiger partial charge >= 0.3 is 0 Å². The molecule has 0 N–H and O–H groups in total. The summed E-state index contributed by atoms with van der Waals surface area (Å²) in [4.78, 5) is 0. The maximum absolute atomic E-state index is 12.7. The molecule has 2 heteroatoms. The predicted molar refractivity (Wildman–Crippen MR) is 60.9 cm³/mol. The fourth-order valence-corrected chi connectivity index (χ4v) is 1.47. The Morgan fingerprint density at radius 3 is 1.31 bits per heavy atom. The maximum atomic E-state index is 12.7. The van der Waals surface area contributed by atoms with Gasteiger partial charge in [-0.05, 0) is 41.0 Å². The lowest BCUT2D eigenvalue weighted by molar-refractivity contribution is 0.627. The monoisotopic (exact) mass is 216 g/mol. The summed E-state index contributed by atoms with van der Waals surface area (Å²) in [6, 6.07) is 12.1. The van der Waals surface area contributed by atoms with Crippen molar-refractivity contribution in [1.29, 1.82) is 0 Å². The second-order valence-electron chi connectivity index (χ2n) is 3.49. The van der Waals surface area contributed by atoms with Crippen LogP contribution in [0.4, 0.5) is 8.78 Å². The van der Waals surface area contributed by atoms with Gasteiger partial charge in [-0.2, -0.15) is 0 Å². The molecule has 0 fully saturated rings. The first-order valence-corrected chi connectivity index (χ1v) is 4.87. The zero-order valence-corrected chi connectivity index (χ0v) is 8.58. The van der Waals surface area contributed by atoms with E-state index in [1.165, 1.54) is 24.3 Å². The van der Waals surface area contributed by atoms with Gasteiger partial charge in [0.2, 0.25) is 0 Å². The summed E-state index contributed by atoms with van der Waals surface area (Å²) in [6.45, 7) is 3.91. The summed E-state index contributed by atoms with van der Waals surface area (Å²) in [5.41, 5.74) is 2.40. The molecule has 2 aromatic carbocycles. The van der Waals surface area contributed by atoms with Crippen molar-refractivity contribution in [1.82, 2.24) is 0 Å². The van der Waals surface area contributed by atoms with Crippen LogP contribution < -0.4 is 0 Å². The van der Waals surface area contributed by atoms with Gasteiger partial charge in [-0.15, -0.1) is 0 Å². The minimum Gasteiger partial charge on any atom is -0.207 e. The second-order valence-corrected chi connectivity index (χ2v) is 3.49. The van der Waals surface area contributed by atoms with Gasteiger partial charge in [0, 0.05) is 0 Å². The van der Waals surface area contributed by atoms with E-state index < -0.39 is 0 Å². The third-order valence-electron chi connectivity index (χ3n) is 2.39. The van der Waals surface area contributed by atoms with Crippen molar-refractivity contribution >= 4 is 5.57 Å². The SMILES string of the molecule is C=C(c1ccc(F)cc1)c1ccc(F)cc1. The van der Waals surface area contributed by atoms with Crippen LogP contribution in [0.5, 0.6) is 0 Å². The first-order valence-electron chi connectivity index (χ1n) is 4.87. The molecule has 0 spiro atoms. The molecule has 0 heterocycles. The second kappa shape index (κ2) is 4.27.